The summed E-state index contributed by atoms with van der Waals surface area (Å²) in [5.74, 6) is -1.47. The second-order valence-corrected chi connectivity index (χ2v) is 7.75. The van der Waals surface area contributed by atoms with Gasteiger partial charge < -0.3 is 23.7 Å². The van der Waals surface area contributed by atoms with Gasteiger partial charge in [-0.15, -0.1) is 13.2 Å². The molecule has 0 saturated carbocycles. The maximum Gasteiger partial charge on any atom is 0.573 e. The van der Waals surface area contributed by atoms with E-state index in [9.17, 15) is 17.6 Å². The Hall–Kier alpha value is -1.42. The molecule has 0 amide bonds. The van der Waals surface area contributed by atoms with Crippen molar-refractivity contribution in [3.63, 3.8) is 0 Å². The highest BCUT2D eigenvalue weighted by Crippen LogP contribution is 2.28. The van der Waals surface area contributed by atoms with Gasteiger partial charge >= 0.3 is 6.36 Å². The molecule has 0 aliphatic carbocycles. The van der Waals surface area contributed by atoms with Crippen molar-refractivity contribution in [2.45, 2.75) is 58.0 Å². The minimum absolute atomic E-state index is 0.00961. The second-order valence-electron chi connectivity index (χ2n) is 7.75. The molecule has 0 radical (unpaired) electrons. The molecule has 0 N–H and O–H groups in total. The van der Waals surface area contributed by atoms with Crippen LogP contribution in [-0.2, 0) is 25.4 Å². The molecular formula is C21H28F4O5. The third-order valence-electron chi connectivity index (χ3n) is 5.23. The summed E-state index contributed by atoms with van der Waals surface area (Å²) >= 11 is 0. The van der Waals surface area contributed by atoms with Crippen molar-refractivity contribution in [1.29, 1.82) is 0 Å². The van der Waals surface area contributed by atoms with Crippen LogP contribution in [0.2, 0.25) is 0 Å². The summed E-state index contributed by atoms with van der Waals surface area (Å²) in [6.45, 7) is 4.39. The van der Waals surface area contributed by atoms with E-state index in [1.54, 1.807) is 0 Å². The Morgan fingerprint density at radius 2 is 1.70 bits per heavy atom. The predicted octanol–water partition coefficient (Wildman–Crippen LogP) is 4.83. The SMILES string of the molecule is CCCCC1COC(C2COC(CCc3ccc(OC(F)(F)F)c(F)c3)OC2)OC1. The third-order valence-corrected chi connectivity index (χ3v) is 5.23. The Balaban J connectivity index is 1.38. The number of rotatable bonds is 8. The van der Waals surface area contributed by atoms with Crippen LogP contribution in [0.25, 0.3) is 0 Å². The molecule has 5 nitrogen and oxygen atoms in total. The van der Waals surface area contributed by atoms with Gasteiger partial charge in [0.15, 0.2) is 24.1 Å². The van der Waals surface area contributed by atoms with Gasteiger partial charge in [0.25, 0.3) is 0 Å². The van der Waals surface area contributed by atoms with Crippen molar-refractivity contribution in [1.82, 2.24) is 0 Å². The quantitative estimate of drug-likeness (QED) is 0.547. The van der Waals surface area contributed by atoms with Crippen molar-refractivity contribution >= 4 is 0 Å². The van der Waals surface area contributed by atoms with Crippen molar-refractivity contribution in [2.24, 2.45) is 11.8 Å². The van der Waals surface area contributed by atoms with E-state index in [1.807, 2.05) is 0 Å². The van der Waals surface area contributed by atoms with Crippen LogP contribution in [0.3, 0.4) is 0 Å². The summed E-state index contributed by atoms with van der Waals surface area (Å²) in [6, 6.07) is 3.40. The van der Waals surface area contributed by atoms with Gasteiger partial charge in [-0.1, -0.05) is 25.8 Å². The summed E-state index contributed by atoms with van der Waals surface area (Å²) in [6.07, 6.45) is -1.44. The molecule has 3 rings (SSSR count). The number of benzene rings is 1. The second kappa shape index (κ2) is 10.7. The highest BCUT2D eigenvalue weighted by Gasteiger charge is 2.34. The average Bonchev–Trinajstić information content (AvgIpc) is 2.72. The smallest absolute Gasteiger partial charge is 0.403 e. The number of alkyl halides is 3. The van der Waals surface area contributed by atoms with E-state index in [4.69, 9.17) is 18.9 Å². The van der Waals surface area contributed by atoms with Crippen LogP contribution in [0.4, 0.5) is 17.6 Å². The van der Waals surface area contributed by atoms with Crippen LogP contribution < -0.4 is 4.74 Å². The van der Waals surface area contributed by atoms with Gasteiger partial charge in [-0.05, 0) is 30.5 Å². The molecule has 1 aromatic rings. The van der Waals surface area contributed by atoms with E-state index in [2.05, 4.69) is 11.7 Å². The number of aryl methyl sites for hydroxylation is 1. The zero-order chi connectivity index (χ0) is 21.6. The van der Waals surface area contributed by atoms with E-state index in [0.717, 1.165) is 25.0 Å². The van der Waals surface area contributed by atoms with Crippen LogP contribution in [0.15, 0.2) is 18.2 Å². The minimum Gasteiger partial charge on any atom is -0.403 e. The summed E-state index contributed by atoms with van der Waals surface area (Å²) in [5.41, 5.74) is 0.536. The number of hydrogen-bond donors (Lipinski definition) is 0. The molecule has 170 valence electrons. The molecule has 2 fully saturated rings. The Morgan fingerprint density at radius 1 is 1.00 bits per heavy atom. The number of hydrogen-bond acceptors (Lipinski definition) is 5. The van der Waals surface area contributed by atoms with Gasteiger partial charge in [-0.25, -0.2) is 4.39 Å². The lowest BCUT2D eigenvalue weighted by Crippen LogP contribution is -2.44. The van der Waals surface area contributed by atoms with E-state index in [1.165, 1.54) is 12.5 Å². The Labute approximate surface area is 173 Å². The first-order chi connectivity index (χ1) is 14.3. The Kier molecular flexibility index (Phi) is 8.33. The molecule has 9 heteroatoms. The summed E-state index contributed by atoms with van der Waals surface area (Å²) in [5, 5.41) is 0. The van der Waals surface area contributed by atoms with Crippen LogP contribution in [0, 0.1) is 17.7 Å². The van der Waals surface area contributed by atoms with E-state index in [-0.39, 0.29) is 12.2 Å². The topological polar surface area (TPSA) is 46.2 Å². The molecular weight excluding hydrogens is 408 g/mol. The number of ether oxygens (including phenoxy) is 5. The standard InChI is InChI=1S/C21H28F4O5/c1-2-3-4-15-10-28-20(29-11-15)16-12-26-19(27-13-16)8-6-14-5-7-18(17(22)9-14)30-21(23,24)25/h5,7,9,15-16,19-20H,2-4,6,8,10-13H2,1H3. The lowest BCUT2D eigenvalue weighted by atomic mass is 10.0. The maximum absolute atomic E-state index is 13.8. The molecule has 2 aliphatic heterocycles. The molecule has 0 spiro atoms. The van der Waals surface area contributed by atoms with Gasteiger partial charge in [0.1, 0.15) is 0 Å². The zero-order valence-corrected chi connectivity index (χ0v) is 17.0. The highest BCUT2D eigenvalue weighted by atomic mass is 19.4. The lowest BCUT2D eigenvalue weighted by molar-refractivity contribution is -0.281. The molecule has 2 aliphatic rings. The summed E-state index contributed by atoms with van der Waals surface area (Å²) < 4.78 is 77.2. The molecule has 0 atom stereocenters. The molecule has 0 bridgehead atoms. The van der Waals surface area contributed by atoms with E-state index in [0.29, 0.717) is 50.8 Å². The molecule has 0 aromatic heterocycles. The minimum atomic E-state index is -4.93. The maximum atomic E-state index is 13.8. The zero-order valence-electron chi connectivity index (χ0n) is 17.0. The van der Waals surface area contributed by atoms with E-state index < -0.39 is 24.2 Å². The molecule has 1 aromatic carbocycles. The first kappa shape index (κ1) is 23.2. The largest absolute Gasteiger partial charge is 0.573 e. The van der Waals surface area contributed by atoms with Crippen LogP contribution in [-0.4, -0.2) is 45.4 Å². The van der Waals surface area contributed by atoms with Crippen molar-refractivity contribution < 1.29 is 41.2 Å². The fraction of sp³-hybridized carbons (Fsp3) is 0.714. The van der Waals surface area contributed by atoms with Crippen LogP contribution >= 0.6 is 0 Å². The van der Waals surface area contributed by atoms with E-state index >= 15 is 0 Å². The highest BCUT2D eigenvalue weighted by molar-refractivity contribution is 5.29. The van der Waals surface area contributed by atoms with Crippen LogP contribution in [0.1, 0.15) is 38.2 Å². The van der Waals surface area contributed by atoms with Crippen molar-refractivity contribution in [3.05, 3.63) is 29.6 Å². The fourth-order valence-electron chi connectivity index (χ4n) is 3.56. The summed E-state index contributed by atoms with van der Waals surface area (Å²) in [7, 11) is 0. The predicted molar refractivity (Wildman–Crippen MR) is 99.3 cm³/mol. The van der Waals surface area contributed by atoms with Gasteiger partial charge in [0.05, 0.1) is 32.3 Å². The monoisotopic (exact) mass is 436 g/mol. The first-order valence-electron chi connectivity index (χ1n) is 10.3. The number of unbranched alkanes of at least 4 members (excludes halogenated alkanes) is 1. The van der Waals surface area contributed by atoms with Crippen LogP contribution in [0.5, 0.6) is 5.75 Å². The lowest BCUT2D eigenvalue weighted by Gasteiger charge is -2.37. The van der Waals surface area contributed by atoms with Gasteiger partial charge in [0.2, 0.25) is 0 Å². The molecule has 2 heterocycles. The van der Waals surface area contributed by atoms with Gasteiger partial charge in [0, 0.05) is 12.3 Å². The normalized spacial score (nSPS) is 27.8. The Bertz CT molecular complexity index is 653. The third kappa shape index (κ3) is 7.08. The fourth-order valence-corrected chi connectivity index (χ4v) is 3.56. The molecule has 2 saturated heterocycles. The molecule has 30 heavy (non-hydrogen) atoms. The number of halogens is 4. The molecule has 0 unspecified atom stereocenters. The van der Waals surface area contributed by atoms with Crippen molar-refractivity contribution in [2.75, 3.05) is 26.4 Å². The Morgan fingerprint density at radius 3 is 2.30 bits per heavy atom. The van der Waals surface area contributed by atoms with Gasteiger partial charge in [-0.2, -0.15) is 0 Å². The van der Waals surface area contributed by atoms with Gasteiger partial charge in [-0.3, -0.25) is 0 Å². The average molecular weight is 436 g/mol. The first-order valence-corrected chi connectivity index (χ1v) is 10.3. The van der Waals surface area contributed by atoms with Crippen molar-refractivity contribution in [3.8, 4) is 5.75 Å². The summed E-state index contributed by atoms with van der Waals surface area (Å²) in [4.78, 5) is 0.